The number of hydrogen-bond donors (Lipinski definition) is 0. The summed E-state index contributed by atoms with van der Waals surface area (Å²) in [6.45, 7) is 0. The predicted octanol–water partition coefficient (Wildman–Crippen LogP) is 3.85. The van der Waals surface area contributed by atoms with E-state index in [1.165, 1.54) is 25.5 Å². The Balaban J connectivity index is 1.80. The molecule has 0 atom stereocenters. The van der Waals surface area contributed by atoms with Gasteiger partial charge in [0.05, 0.1) is 30.3 Å². The Morgan fingerprint density at radius 3 is 2.52 bits per heavy atom. The minimum atomic E-state index is -0.481. The molecule has 2 aromatic rings. The summed E-state index contributed by atoms with van der Waals surface area (Å²) in [5, 5.41) is 16.1. The van der Waals surface area contributed by atoms with Crippen molar-refractivity contribution in [1.82, 2.24) is 5.01 Å². The van der Waals surface area contributed by atoms with Crippen LogP contribution in [0.1, 0.15) is 11.1 Å². The van der Waals surface area contributed by atoms with Crippen LogP contribution in [0.5, 0.6) is 11.5 Å². The number of amides is 1. The number of non-ortho nitro benzene ring substituents is 1. The van der Waals surface area contributed by atoms with Gasteiger partial charge in [-0.3, -0.25) is 14.9 Å². The zero-order valence-corrected chi connectivity index (χ0v) is 17.0. The Kier molecular flexibility index (Phi) is 6.25. The summed E-state index contributed by atoms with van der Waals surface area (Å²) < 4.78 is 10.8. The van der Waals surface area contributed by atoms with E-state index in [9.17, 15) is 14.9 Å². The van der Waals surface area contributed by atoms with Crippen molar-refractivity contribution in [2.45, 2.75) is 0 Å². The molecule has 0 N–H and O–H groups in total. The first-order valence-electron chi connectivity index (χ1n) is 8.21. The van der Waals surface area contributed by atoms with Crippen LogP contribution in [0.4, 0.5) is 5.69 Å². The molecule has 0 spiro atoms. The lowest BCUT2D eigenvalue weighted by atomic mass is 10.2. The van der Waals surface area contributed by atoms with Gasteiger partial charge in [-0.2, -0.15) is 10.1 Å². The molecule has 0 aromatic heterocycles. The van der Waals surface area contributed by atoms with E-state index in [2.05, 4.69) is 5.10 Å². The SMILES string of the molecule is COc1ccc(/C=N/N2C(=O)/C(=C\c3ccc([N+](=O)[O-])cc3)SC2=S)c(OC)c1. The number of nitro benzene ring substituents is 1. The normalized spacial score (nSPS) is 15.4. The monoisotopic (exact) mass is 429 g/mol. The van der Waals surface area contributed by atoms with Crippen LogP contribution in [0.3, 0.4) is 0 Å². The highest BCUT2D eigenvalue weighted by Crippen LogP contribution is 2.33. The van der Waals surface area contributed by atoms with E-state index in [0.29, 0.717) is 27.5 Å². The molecule has 0 bridgehead atoms. The number of benzene rings is 2. The summed E-state index contributed by atoms with van der Waals surface area (Å²) >= 11 is 6.36. The Bertz CT molecular complexity index is 1030. The fourth-order valence-corrected chi connectivity index (χ4v) is 3.62. The molecule has 1 amide bonds. The van der Waals surface area contributed by atoms with Gasteiger partial charge in [0.2, 0.25) is 0 Å². The summed E-state index contributed by atoms with van der Waals surface area (Å²) in [4.78, 5) is 23.3. The van der Waals surface area contributed by atoms with Crippen LogP contribution in [-0.2, 0) is 4.79 Å². The second kappa shape index (κ2) is 8.84. The third-order valence-corrected chi connectivity index (χ3v) is 5.21. The van der Waals surface area contributed by atoms with Crippen molar-refractivity contribution in [3.05, 3.63) is 68.6 Å². The molecule has 1 aliphatic heterocycles. The zero-order chi connectivity index (χ0) is 21.0. The van der Waals surface area contributed by atoms with Crippen molar-refractivity contribution in [3.63, 3.8) is 0 Å². The third-order valence-electron chi connectivity index (χ3n) is 3.93. The van der Waals surface area contributed by atoms with Crippen molar-refractivity contribution < 1.29 is 19.2 Å². The summed E-state index contributed by atoms with van der Waals surface area (Å²) in [6.07, 6.45) is 3.10. The van der Waals surface area contributed by atoms with Crippen LogP contribution in [0.25, 0.3) is 6.08 Å². The van der Waals surface area contributed by atoms with E-state index < -0.39 is 4.92 Å². The number of carbonyl (C=O) groups excluding carboxylic acids is 1. The van der Waals surface area contributed by atoms with Gasteiger partial charge in [-0.25, -0.2) is 0 Å². The van der Waals surface area contributed by atoms with Crippen LogP contribution in [0, 0.1) is 10.1 Å². The topological polar surface area (TPSA) is 94.3 Å². The molecule has 0 unspecified atom stereocenters. The van der Waals surface area contributed by atoms with Crippen molar-refractivity contribution in [1.29, 1.82) is 0 Å². The number of nitro groups is 1. The summed E-state index contributed by atoms with van der Waals surface area (Å²) in [5.41, 5.74) is 1.28. The molecule has 0 aliphatic carbocycles. The molecule has 8 nitrogen and oxygen atoms in total. The van der Waals surface area contributed by atoms with Gasteiger partial charge in [0.1, 0.15) is 11.5 Å². The number of methoxy groups -OCH3 is 2. The third kappa shape index (κ3) is 4.61. The lowest BCUT2D eigenvalue weighted by molar-refractivity contribution is -0.384. The Labute approximate surface area is 175 Å². The van der Waals surface area contributed by atoms with Crippen LogP contribution in [-0.4, -0.2) is 40.6 Å². The van der Waals surface area contributed by atoms with Crippen LogP contribution >= 0.6 is 24.0 Å². The maximum atomic E-state index is 12.6. The minimum absolute atomic E-state index is 0.0206. The van der Waals surface area contributed by atoms with Crippen molar-refractivity contribution in [2.24, 2.45) is 5.10 Å². The lowest BCUT2D eigenvalue weighted by Gasteiger charge is -2.09. The van der Waals surface area contributed by atoms with Crippen molar-refractivity contribution in [2.75, 3.05) is 14.2 Å². The molecule has 29 heavy (non-hydrogen) atoms. The molecule has 0 radical (unpaired) electrons. The van der Waals surface area contributed by atoms with Crippen LogP contribution in [0.2, 0.25) is 0 Å². The molecule has 1 saturated heterocycles. The second-order valence-corrected chi connectivity index (χ2v) is 7.37. The predicted molar refractivity (Wildman–Crippen MR) is 115 cm³/mol. The van der Waals surface area contributed by atoms with Gasteiger partial charge in [0.25, 0.3) is 11.6 Å². The first kappa shape index (κ1) is 20.5. The first-order valence-corrected chi connectivity index (χ1v) is 9.44. The van der Waals surface area contributed by atoms with E-state index in [4.69, 9.17) is 21.7 Å². The molecule has 10 heteroatoms. The van der Waals surface area contributed by atoms with Gasteiger partial charge >= 0.3 is 0 Å². The molecule has 1 aliphatic rings. The summed E-state index contributed by atoms with van der Waals surface area (Å²) in [5.74, 6) is 0.803. The standard InChI is InChI=1S/C19H15N3O5S2/c1-26-15-8-5-13(16(10-15)27-2)11-20-21-18(23)17(29-19(21)28)9-12-3-6-14(7-4-12)22(24)25/h3-11H,1-2H3/b17-9+,20-11+. The highest BCUT2D eigenvalue weighted by atomic mass is 32.2. The van der Waals surface area contributed by atoms with Gasteiger partial charge in [0.15, 0.2) is 4.32 Å². The number of thiocarbonyl (C=S) groups is 1. The average Bonchev–Trinajstić information content (AvgIpc) is 2.99. The lowest BCUT2D eigenvalue weighted by Crippen LogP contribution is -2.22. The largest absolute Gasteiger partial charge is 0.497 e. The Hall–Kier alpha value is -3.24. The second-order valence-electron chi connectivity index (χ2n) is 5.69. The summed E-state index contributed by atoms with van der Waals surface area (Å²) in [7, 11) is 3.08. The van der Waals surface area contributed by atoms with Gasteiger partial charge in [-0.15, -0.1) is 0 Å². The zero-order valence-electron chi connectivity index (χ0n) is 15.4. The number of rotatable bonds is 6. The van der Waals surface area contributed by atoms with E-state index in [1.807, 2.05) is 0 Å². The van der Waals surface area contributed by atoms with Crippen molar-refractivity contribution >= 4 is 52.2 Å². The highest BCUT2D eigenvalue weighted by molar-refractivity contribution is 8.26. The van der Waals surface area contributed by atoms with Gasteiger partial charge in [-0.05, 0) is 48.1 Å². The maximum absolute atomic E-state index is 12.6. The van der Waals surface area contributed by atoms with Gasteiger partial charge < -0.3 is 9.47 Å². The molecule has 2 aromatic carbocycles. The fourth-order valence-electron chi connectivity index (χ4n) is 2.45. The highest BCUT2D eigenvalue weighted by Gasteiger charge is 2.32. The molecule has 1 fully saturated rings. The van der Waals surface area contributed by atoms with Crippen LogP contribution in [0.15, 0.2) is 52.5 Å². The molecule has 1 heterocycles. The van der Waals surface area contributed by atoms with Crippen molar-refractivity contribution in [3.8, 4) is 11.5 Å². The quantitative estimate of drug-likeness (QED) is 0.226. The average molecular weight is 429 g/mol. The molecule has 0 saturated carbocycles. The maximum Gasteiger partial charge on any atom is 0.286 e. The number of thioether (sulfide) groups is 1. The number of nitrogens with zero attached hydrogens (tertiary/aromatic N) is 3. The molecule has 3 rings (SSSR count). The Morgan fingerprint density at radius 2 is 1.90 bits per heavy atom. The van der Waals surface area contributed by atoms with E-state index in [-0.39, 0.29) is 15.9 Å². The minimum Gasteiger partial charge on any atom is -0.497 e. The van der Waals surface area contributed by atoms with E-state index in [0.717, 1.165) is 16.8 Å². The number of hydrazone groups is 1. The number of hydrogen-bond acceptors (Lipinski definition) is 8. The van der Waals surface area contributed by atoms with E-state index >= 15 is 0 Å². The van der Waals surface area contributed by atoms with Crippen LogP contribution < -0.4 is 9.47 Å². The Morgan fingerprint density at radius 1 is 1.17 bits per heavy atom. The summed E-state index contributed by atoms with van der Waals surface area (Å²) in [6, 6.07) is 11.1. The molecule has 148 valence electrons. The number of ether oxygens (including phenoxy) is 2. The fraction of sp³-hybridized carbons (Fsp3) is 0.105. The number of carbonyl (C=O) groups is 1. The smallest absolute Gasteiger partial charge is 0.286 e. The van der Waals surface area contributed by atoms with Gasteiger partial charge in [-0.1, -0.05) is 11.8 Å². The van der Waals surface area contributed by atoms with E-state index in [1.54, 1.807) is 43.5 Å². The molecular weight excluding hydrogens is 414 g/mol. The molecular formula is C19H15N3O5S2. The van der Waals surface area contributed by atoms with Gasteiger partial charge in [0, 0.05) is 23.8 Å². The first-order chi connectivity index (χ1) is 13.9.